The van der Waals surface area contributed by atoms with Crippen LogP contribution >= 0.6 is 11.6 Å². The van der Waals surface area contributed by atoms with Gasteiger partial charge in [-0.2, -0.15) is 0 Å². The van der Waals surface area contributed by atoms with Crippen LogP contribution in [0.5, 0.6) is 0 Å². The molecule has 3 rings (SSSR count). The Balaban J connectivity index is 1.88. The van der Waals surface area contributed by atoms with E-state index >= 15 is 0 Å². The van der Waals surface area contributed by atoms with Crippen LogP contribution in [-0.4, -0.2) is 24.8 Å². The fraction of sp³-hybridized carbons (Fsp3) is 0.417. The predicted molar refractivity (Wildman–Crippen MR) is 70.0 cm³/mol. The Morgan fingerprint density at radius 3 is 3.06 bits per heavy atom. The lowest BCUT2D eigenvalue weighted by Crippen LogP contribution is -2.63. The van der Waals surface area contributed by atoms with Crippen molar-refractivity contribution in [2.75, 3.05) is 11.6 Å². The average molecular weight is 267 g/mol. The van der Waals surface area contributed by atoms with Crippen LogP contribution in [0.25, 0.3) is 0 Å². The lowest BCUT2D eigenvalue weighted by Gasteiger charge is -2.36. The number of hydrogen-bond donors (Lipinski definition) is 3. The van der Waals surface area contributed by atoms with Gasteiger partial charge in [0.05, 0.1) is 17.8 Å². The minimum absolute atomic E-state index is 0.0275. The molecule has 2 fully saturated rings. The molecular weight excluding hydrogens is 252 g/mol. The summed E-state index contributed by atoms with van der Waals surface area (Å²) in [5.41, 5.74) is 4.21. The smallest absolute Gasteiger partial charge is 0.229 e. The molecule has 2 aliphatic heterocycles. The fourth-order valence-electron chi connectivity index (χ4n) is 2.51. The molecule has 0 aliphatic carbocycles. The molecule has 0 saturated carbocycles. The molecule has 0 radical (unpaired) electrons. The highest BCUT2D eigenvalue weighted by molar-refractivity contribution is 6.30. The monoisotopic (exact) mass is 266 g/mol. The highest BCUT2D eigenvalue weighted by Crippen LogP contribution is 2.26. The summed E-state index contributed by atoms with van der Waals surface area (Å²) in [6.45, 7) is 2.56. The molecule has 96 valence electrons. The minimum atomic E-state index is -0.0832. The van der Waals surface area contributed by atoms with E-state index < -0.39 is 0 Å². The van der Waals surface area contributed by atoms with Gasteiger partial charge in [0.25, 0.3) is 0 Å². The zero-order valence-corrected chi connectivity index (χ0v) is 10.7. The third kappa shape index (κ3) is 1.94. The summed E-state index contributed by atoms with van der Waals surface area (Å²) >= 11 is 6.00. The molecule has 18 heavy (non-hydrogen) atoms. The highest BCUT2D eigenvalue weighted by atomic mass is 35.5. The van der Waals surface area contributed by atoms with Crippen LogP contribution in [0.4, 0.5) is 5.69 Å². The van der Waals surface area contributed by atoms with E-state index in [4.69, 9.17) is 11.6 Å². The first-order valence-electron chi connectivity index (χ1n) is 6.00. The lowest BCUT2D eigenvalue weighted by atomic mass is 10.0. The minimum Gasteiger partial charge on any atom is -0.341 e. The van der Waals surface area contributed by atoms with E-state index in [1.165, 1.54) is 0 Å². The standard InChI is InChI=1S/C12H15ClN4O/c1-7-15-11-10(12(18)16-7)6-14-17(11)9-4-2-3-8(13)5-9/h2-5,7,10-11,14-15H,6H2,1H3,(H,16,18). The highest BCUT2D eigenvalue weighted by Gasteiger charge is 2.43. The zero-order chi connectivity index (χ0) is 12.7. The maximum atomic E-state index is 11.9. The molecule has 0 spiro atoms. The number of nitrogens with zero attached hydrogens (tertiary/aromatic N) is 1. The van der Waals surface area contributed by atoms with Gasteiger partial charge in [0.15, 0.2) is 0 Å². The number of benzene rings is 1. The second-order valence-electron chi connectivity index (χ2n) is 4.66. The normalized spacial score (nSPS) is 31.1. The van der Waals surface area contributed by atoms with E-state index in [0.29, 0.717) is 11.6 Å². The molecule has 0 bridgehead atoms. The number of carbonyl (C=O) groups is 1. The van der Waals surface area contributed by atoms with Crippen LogP contribution in [0.3, 0.4) is 0 Å². The van der Waals surface area contributed by atoms with Crippen molar-refractivity contribution >= 4 is 23.2 Å². The molecule has 2 aliphatic rings. The van der Waals surface area contributed by atoms with Crippen molar-refractivity contribution in [2.45, 2.75) is 19.3 Å². The number of hydrazine groups is 1. The van der Waals surface area contributed by atoms with Crippen LogP contribution in [-0.2, 0) is 4.79 Å². The quantitative estimate of drug-likeness (QED) is 0.700. The van der Waals surface area contributed by atoms with Gasteiger partial charge < -0.3 is 5.32 Å². The molecule has 6 heteroatoms. The summed E-state index contributed by atoms with van der Waals surface area (Å²) in [4.78, 5) is 11.9. The van der Waals surface area contributed by atoms with Crippen LogP contribution in [0.1, 0.15) is 6.92 Å². The average Bonchev–Trinajstić information content (AvgIpc) is 2.72. The first-order valence-corrected chi connectivity index (χ1v) is 6.38. The molecule has 2 saturated heterocycles. The zero-order valence-electron chi connectivity index (χ0n) is 9.98. The van der Waals surface area contributed by atoms with Crippen molar-refractivity contribution < 1.29 is 4.79 Å². The van der Waals surface area contributed by atoms with Gasteiger partial charge in [-0.05, 0) is 25.1 Å². The summed E-state index contributed by atoms with van der Waals surface area (Å²) in [6.07, 6.45) is -0.0625. The molecule has 3 N–H and O–H groups in total. The molecule has 2 heterocycles. The van der Waals surface area contributed by atoms with E-state index in [-0.39, 0.29) is 24.2 Å². The number of nitrogens with one attached hydrogen (secondary N) is 3. The van der Waals surface area contributed by atoms with Gasteiger partial charge in [-0.3, -0.25) is 15.1 Å². The van der Waals surface area contributed by atoms with Gasteiger partial charge in [0, 0.05) is 11.6 Å². The second kappa shape index (κ2) is 4.42. The Labute approximate surface area is 110 Å². The van der Waals surface area contributed by atoms with Gasteiger partial charge in [0.1, 0.15) is 6.17 Å². The summed E-state index contributed by atoms with van der Waals surface area (Å²) in [6, 6.07) is 7.59. The Morgan fingerprint density at radius 2 is 2.28 bits per heavy atom. The van der Waals surface area contributed by atoms with Gasteiger partial charge in [-0.15, -0.1) is 0 Å². The van der Waals surface area contributed by atoms with Gasteiger partial charge in [-0.1, -0.05) is 17.7 Å². The summed E-state index contributed by atoms with van der Waals surface area (Å²) < 4.78 is 0. The molecule has 1 amide bonds. The maximum Gasteiger partial charge on any atom is 0.229 e. The Hall–Kier alpha value is -1.30. The van der Waals surface area contributed by atoms with Crippen molar-refractivity contribution in [1.29, 1.82) is 0 Å². The van der Waals surface area contributed by atoms with E-state index in [9.17, 15) is 4.79 Å². The Morgan fingerprint density at radius 1 is 1.44 bits per heavy atom. The van der Waals surface area contributed by atoms with Gasteiger partial charge >= 0.3 is 0 Å². The van der Waals surface area contributed by atoms with Crippen LogP contribution in [0.15, 0.2) is 24.3 Å². The van der Waals surface area contributed by atoms with E-state index in [1.807, 2.05) is 36.2 Å². The van der Waals surface area contributed by atoms with Crippen LogP contribution < -0.4 is 21.1 Å². The van der Waals surface area contributed by atoms with Crippen molar-refractivity contribution in [2.24, 2.45) is 5.92 Å². The summed E-state index contributed by atoms with van der Waals surface area (Å²) in [5, 5.41) is 8.92. The fourth-order valence-corrected chi connectivity index (χ4v) is 2.69. The number of rotatable bonds is 1. The topological polar surface area (TPSA) is 56.4 Å². The number of carbonyl (C=O) groups excluding carboxylic acids is 1. The molecular formula is C12H15ClN4O. The van der Waals surface area contributed by atoms with E-state index in [2.05, 4.69) is 16.1 Å². The molecule has 1 aromatic carbocycles. The van der Waals surface area contributed by atoms with Gasteiger partial charge in [0.2, 0.25) is 5.91 Å². The lowest BCUT2D eigenvalue weighted by molar-refractivity contribution is -0.128. The number of amides is 1. The van der Waals surface area contributed by atoms with Crippen LogP contribution in [0, 0.1) is 5.92 Å². The third-order valence-electron chi connectivity index (χ3n) is 3.34. The van der Waals surface area contributed by atoms with Crippen molar-refractivity contribution in [3.05, 3.63) is 29.3 Å². The number of anilines is 1. The SMILES string of the molecule is CC1NC(=O)C2CNN(c3cccc(Cl)c3)C2N1. The largest absolute Gasteiger partial charge is 0.341 e. The predicted octanol–water partition coefficient (Wildman–Crippen LogP) is 0.672. The third-order valence-corrected chi connectivity index (χ3v) is 3.58. The molecule has 5 nitrogen and oxygen atoms in total. The molecule has 0 aromatic heterocycles. The number of fused-ring (bicyclic) bond motifs is 1. The number of hydrogen-bond acceptors (Lipinski definition) is 4. The maximum absolute atomic E-state index is 11.9. The summed E-state index contributed by atoms with van der Waals surface area (Å²) in [5.74, 6) is 0.00320. The van der Waals surface area contributed by atoms with E-state index in [1.54, 1.807) is 0 Å². The Kier molecular flexibility index (Phi) is 2.89. The van der Waals surface area contributed by atoms with Gasteiger partial charge in [-0.25, -0.2) is 5.43 Å². The second-order valence-corrected chi connectivity index (χ2v) is 5.10. The van der Waals surface area contributed by atoms with Crippen LogP contribution in [0.2, 0.25) is 5.02 Å². The van der Waals surface area contributed by atoms with Crippen molar-refractivity contribution in [3.63, 3.8) is 0 Å². The van der Waals surface area contributed by atoms with Crippen molar-refractivity contribution in [1.82, 2.24) is 16.1 Å². The molecule has 1 aromatic rings. The summed E-state index contributed by atoms with van der Waals surface area (Å²) in [7, 11) is 0. The molecule has 3 unspecified atom stereocenters. The first-order chi connectivity index (χ1) is 8.65. The number of halogens is 1. The van der Waals surface area contributed by atoms with Crippen molar-refractivity contribution in [3.8, 4) is 0 Å². The molecule has 3 atom stereocenters. The Bertz CT molecular complexity index is 481. The first kappa shape index (κ1) is 11.8. The van der Waals surface area contributed by atoms with E-state index in [0.717, 1.165) is 5.69 Å².